The first-order valence-corrected chi connectivity index (χ1v) is 8.48. The second-order valence-electron chi connectivity index (χ2n) is 6.17. The summed E-state index contributed by atoms with van der Waals surface area (Å²) in [6.07, 6.45) is 4.19. The number of ether oxygens (including phenoxy) is 3. The maximum atomic E-state index is 12.8. The molecular formula is C21H23NO4. The van der Waals surface area contributed by atoms with Crippen LogP contribution in [0.25, 0.3) is 6.08 Å². The van der Waals surface area contributed by atoms with Gasteiger partial charge in [0, 0.05) is 29.4 Å². The van der Waals surface area contributed by atoms with E-state index >= 15 is 0 Å². The summed E-state index contributed by atoms with van der Waals surface area (Å²) in [5, 5.41) is 0. The summed E-state index contributed by atoms with van der Waals surface area (Å²) >= 11 is 0. The van der Waals surface area contributed by atoms with Crippen LogP contribution in [0.1, 0.15) is 18.1 Å². The lowest BCUT2D eigenvalue weighted by Crippen LogP contribution is -2.34. The zero-order valence-electron chi connectivity index (χ0n) is 15.5. The van der Waals surface area contributed by atoms with Crippen LogP contribution in [-0.2, 0) is 11.2 Å². The molecule has 0 aliphatic carbocycles. The standard InChI is InChI=1S/C21H23NO4/c1-14-11-15-7-5-6-8-17(15)22(14)21(23)10-9-16-12-19(25-3)20(26-4)13-18(16)24-2/h5-10,12-14H,11H2,1-4H3/b10-9+. The van der Waals surface area contributed by atoms with Crippen molar-refractivity contribution in [2.45, 2.75) is 19.4 Å². The predicted molar refractivity (Wildman–Crippen MR) is 102 cm³/mol. The van der Waals surface area contributed by atoms with Gasteiger partial charge in [-0.2, -0.15) is 0 Å². The summed E-state index contributed by atoms with van der Waals surface area (Å²) in [4.78, 5) is 14.6. The fraction of sp³-hybridized carbons (Fsp3) is 0.286. The molecular weight excluding hydrogens is 330 g/mol. The van der Waals surface area contributed by atoms with E-state index in [1.54, 1.807) is 45.6 Å². The van der Waals surface area contributed by atoms with Crippen molar-refractivity contribution in [1.29, 1.82) is 0 Å². The van der Waals surface area contributed by atoms with Crippen molar-refractivity contribution in [3.05, 3.63) is 53.6 Å². The average Bonchev–Trinajstić information content (AvgIpc) is 3.00. The number of hydrogen-bond donors (Lipinski definition) is 0. The van der Waals surface area contributed by atoms with Gasteiger partial charge in [0.2, 0.25) is 0 Å². The minimum atomic E-state index is -0.0562. The molecule has 1 aliphatic rings. The van der Waals surface area contributed by atoms with Crippen molar-refractivity contribution in [2.75, 3.05) is 26.2 Å². The van der Waals surface area contributed by atoms with Gasteiger partial charge in [0.15, 0.2) is 11.5 Å². The number of carbonyl (C=O) groups excluding carboxylic acids is 1. The van der Waals surface area contributed by atoms with Crippen LogP contribution in [0.15, 0.2) is 42.5 Å². The number of nitrogens with zero attached hydrogens (tertiary/aromatic N) is 1. The Balaban J connectivity index is 1.89. The van der Waals surface area contributed by atoms with Crippen molar-refractivity contribution < 1.29 is 19.0 Å². The van der Waals surface area contributed by atoms with Gasteiger partial charge in [-0.25, -0.2) is 0 Å². The van der Waals surface area contributed by atoms with Gasteiger partial charge in [0.05, 0.1) is 21.3 Å². The zero-order chi connectivity index (χ0) is 18.7. The molecule has 0 saturated carbocycles. The van der Waals surface area contributed by atoms with E-state index in [4.69, 9.17) is 14.2 Å². The van der Waals surface area contributed by atoms with Crippen LogP contribution in [0.4, 0.5) is 5.69 Å². The Morgan fingerprint density at radius 2 is 1.69 bits per heavy atom. The lowest BCUT2D eigenvalue weighted by atomic mass is 10.1. The molecule has 26 heavy (non-hydrogen) atoms. The highest BCUT2D eigenvalue weighted by Crippen LogP contribution is 2.36. The summed E-state index contributed by atoms with van der Waals surface area (Å²) in [5.41, 5.74) is 2.93. The first kappa shape index (κ1) is 17.9. The Kier molecular flexibility index (Phi) is 5.16. The van der Waals surface area contributed by atoms with Crippen LogP contribution in [0.2, 0.25) is 0 Å². The molecule has 0 N–H and O–H groups in total. The molecule has 0 fully saturated rings. The lowest BCUT2D eigenvalue weighted by molar-refractivity contribution is -0.114. The van der Waals surface area contributed by atoms with E-state index in [1.165, 1.54) is 5.56 Å². The number of methoxy groups -OCH3 is 3. The SMILES string of the molecule is COc1cc(OC)c(OC)cc1/C=C/C(=O)N1c2ccccc2CC1C. The maximum absolute atomic E-state index is 12.8. The minimum absolute atomic E-state index is 0.0562. The van der Waals surface area contributed by atoms with Gasteiger partial charge in [-0.3, -0.25) is 4.79 Å². The Morgan fingerprint density at radius 1 is 1.04 bits per heavy atom. The molecule has 1 unspecified atom stereocenters. The van der Waals surface area contributed by atoms with E-state index in [2.05, 4.69) is 13.0 Å². The van der Waals surface area contributed by atoms with Crippen LogP contribution >= 0.6 is 0 Å². The maximum Gasteiger partial charge on any atom is 0.251 e. The third kappa shape index (κ3) is 3.25. The first-order valence-electron chi connectivity index (χ1n) is 8.48. The number of rotatable bonds is 5. The van der Waals surface area contributed by atoms with Gasteiger partial charge < -0.3 is 19.1 Å². The number of benzene rings is 2. The molecule has 0 radical (unpaired) electrons. The quantitative estimate of drug-likeness (QED) is 0.769. The third-order valence-electron chi connectivity index (χ3n) is 4.59. The molecule has 1 heterocycles. The number of amides is 1. The monoisotopic (exact) mass is 353 g/mol. The summed E-state index contributed by atoms with van der Waals surface area (Å²) in [6.45, 7) is 2.06. The van der Waals surface area contributed by atoms with E-state index in [0.29, 0.717) is 17.2 Å². The van der Waals surface area contributed by atoms with E-state index < -0.39 is 0 Å². The summed E-state index contributed by atoms with van der Waals surface area (Å²) in [7, 11) is 4.73. The lowest BCUT2D eigenvalue weighted by Gasteiger charge is -2.21. The molecule has 5 heteroatoms. The third-order valence-corrected chi connectivity index (χ3v) is 4.59. The van der Waals surface area contributed by atoms with Crippen molar-refractivity contribution in [2.24, 2.45) is 0 Å². The van der Waals surface area contributed by atoms with Crippen LogP contribution in [0, 0.1) is 0 Å². The molecule has 5 nitrogen and oxygen atoms in total. The molecule has 1 aliphatic heterocycles. The van der Waals surface area contributed by atoms with Crippen LogP contribution in [-0.4, -0.2) is 33.3 Å². The topological polar surface area (TPSA) is 48.0 Å². The Labute approximate surface area is 153 Å². The van der Waals surface area contributed by atoms with Gasteiger partial charge in [-0.1, -0.05) is 18.2 Å². The summed E-state index contributed by atoms with van der Waals surface area (Å²) in [6, 6.07) is 11.7. The number of fused-ring (bicyclic) bond motifs is 1. The Hall–Kier alpha value is -2.95. The fourth-order valence-corrected chi connectivity index (χ4v) is 3.33. The second-order valence-corrected chi connectivity index (χ2v) is 6.17. The largest absolute Gasteiger partial charge is 0.496 e. The van der Waals surface area contributed by atoms with Gasteiger partial charge in [0.1, 0.15) is 5.75 Å². The van der Waals surface area contributed by atoms with Crippen molar-refractivity contribution in [1.82, 2.24) is 0 Å². The summed E-state index contributed by atoms with van der Waals surface area (Å²) in [5.74, 6) is 1.72. The number of carbonyl (C=O) groups is 1. The zero-order valence-corrected chi connectivity index (χ0v) is 15.5. The highest BCUT2D eigenvalue weighted by Gasteiger charge is 2.29. The van der Waals surface area contributed by atoms with Crippen molar-refractivity contribution >= 4 is 17.7 Å². The average molecular weight is 353 g/mol. The Bertz CT molecular complexity index is 844. The molecule has 0 aromatic heterocycles. The molecule has 0 spiro atoms. The number of hydrogen-bond acceptors (Lipinski definition) is 4. The van der Waals surface area contributed by atoms with Gasteiger partial charge >= 0.3 is 0 Å². The molecule has 1 atom stereocenters. The minimum Gasteiger partial charge on any atom is -0.496 e. The molecule has 0 bridgehead atoms. The van der Waals surface area contributed by atoms with Crippen LogP contribution < -0.4 is 19.1 Å². The van der Waals surface area contributed by atoms with Crippen molar-refractivity contribution in [3.8, 4) is 17.2 Å². The van der Waals surface area contributed by atoms with E-state index in [-0.39, 0.29) is 11.9 Å². The van der Waals surface area contributed by atoms with Gasteiger partial charge in [0.25, 0.3) is 5.91 Å². The number of para-hydroxylation sites is 1. The molecule has 1 amide bonds. The predicted octanol–water partition coefficient (Wildman–Crippen LogP) is 3.70. The first-order chi connectivity index (χ1) is 12.6. The summed E-state index contributed by atoms with van der Waals surface area (Å²) < 4.78 is 16.0. The van der Waals surface area contributed by atoms with Crippen LogP contribution in [0.5, 0.6) is 17.2 Å². The Morgan fingerprint density at radius 3 is 2.38 bits per heavy atom. The molecule has 2 aromatic carbocycles. The van der Waals surface area contributed by atoms with Crippen molar-refractivity contribution in [3.63, 3.8) is 0 Å². The fourth-order valence-electron chi connectivity index (χ4n) is 3.33. The highest BCUT2D eigenvalue weighted by atomic mass is 16.5. The normalized spacial score (nSPS) is 15.8. The second kappa shape index (κ2) is 7.52. The van der Waals surface area contributed by atoms with E-state index in [1.807, 2.05) is 23.1 Å². The van der Waals surface area contributed by atoms with Gasteiger partial charge in [-0.05, 0) is 37.1 Å². The molecule has 136 valence electrons. The van der Waals surface area contributed by atoms with E-state index in [0.717, 1.165) is 17.7 Å². The highest BCUT2D eigenvalue weighted by molar-refractivity contribution is 6.05. The molecule has 2 aromatic rings. The number of anilines is 1. The molecule has 0 saturated heterocycles. The van der Waals surface area contributed by atoms with Gasteiger partial charge in [-0.15, -0.1) is 0 Å². The molecule has 3 rings (SSSR count). The van der Waals surface area contributed by atoms with Crippen LogP contribution in [0.3, 0.4) is 0 Å². The van der Waals surface area contributed by atoms with E-state index in [9.17, 15) is 4.79 Å². The smallest absolute Gasteiger partial charge is 0.251 e.